The number of ether oxygens (including phenoxy) is 1. The van der Waals surface area contributed by atoms with Crippen LogP contribution in [0.3, 0.4) is 0 Å². The molecule has 0 aromatic heterocycles. The van der Waals surface area contributed by atoms with Gasteiger partial charge in [-0.05, 0) is 39.0 Å². The number of benzene rings is 1. The number of carbonyl (C=O) groups excluding carboxylic acids is 1. The summed E-state index contributed by atoms with van der Waals surface area (Å²) in [6, 6.07) is 3.80. The lowest BCUT2D eigenvalue weighted by Crippen LogP contribution is -2.39. The maximum Gasteiger partial charge on any atom is 0.407 e. The van der Waals surface area contributed by atoms with Crippen molar-refractivity contribution in [1.29, 1.82) is 0 Å². The zero-order valence-corrected chi connectivity index (χ0v) is 13.2. The summed E-state index contributed by atoms with van der Waals surface area (Å²) in [4.78, 5) is 22.5. The first kappa shape index (κ1) is 18.7. The highest BCUT2D eigenvalue weighted by Gasteiger charge is 2.23. The number of hydrogen-bond donors (Lipinski definition) is 5. The normalized spacial score (nSPS) is 14.0. The third kappa shape index (κ3) is 5.76. The quantitative estimate of drug-likeness (QED) is 0.506. The van der Waals surface area contributed by atoms with Crippen LogP contribution in [0.25, 0.3) is 0 Å². The molecule has 8 nitrogen and oxygen atoms in total. The zero-order valence-electron chi connectivity index (χ0n) is 13.2. The summed E-state index contributed by atoms with van der Waals surface area (Å²) >= 11 is 0. The lowest BCUT2D eigenvalue weighted by atomic mass is 10.00. The van der Waals surface area contributed by atoms with Crippen LogP contribution in [0.5, 0.6) is 0 Å². The maximum atomic E-state index is 11.5. The molecule has 8 heteroatoms. The second-order valence-corrected chi connectivity index (χ2v) is 6.04. The van der Waals surface area contributed by atoms with Gasteiger partial charge in [0, 0.05) is 17.8 Å². The minimum absolute atomic E-state index is 0.0689. The molecular formula is C15H22N2O6. The number of hydrogen-bond acceptors (Lipinski definition) is 6. The van der Waals surface area contributed by atoms with Gasteiger partial charge in [-0.2, -0.15) is 0 Å². The number of nitrogens with one attached hydrogen (secondary N) is 1. The van der Waals surface area contributed by atoms with E-state index in [1.54, 1.807) is 20.8 Å². The van der Waals surface area contributed by atoms with Crippen molar-refractivity contribution in [3.05, 3.63) is 29.3 Å². The molecule has 0 spiro atoms. The van der Waals surface area contributed by atoms with Crippen LogP contribution in [-0.4, -0.2) is 45.6 Å². The zero-order chi connectivity index (χ0) is 17.8. The Morgan fingerprint density at radius 2 is 1.91 bits per heavy atom. The van der Waals surface area contributed by atoms with Gasteiger partial charge in [0.25, 0.3) is 0 Å². The number of alkyl carbamates (subject to hydrolysis) is 1. The van der Waals surface area contributed by atoms with Gasteiger partial charge in [0.05, 0.1) is 5.56 Å². The predicted molar refractivity (Wildman–Crippen MR) is 83.0 cm³/mol. The summed E-state index contributed by atoms with van der Waals surface area (Å²) in [6.45, 7) is 4.79. The van der Waals surface area contributed by atoms with Crippen LogP contribution < -0.4 is 11.1 Å². The van der Waals surface area contributed by atoms with E-state index in [1.807, 2.05) is 0 Å². The lowest BCUT2D eigenvalue weighted by molar-refractivity contribution is 0.0132. The van der Waals surface area contributed by atoms with Crippen molar-refractivity contribution < 1.29 is 29.6 Å². The van der Waals surface area contributed by atoms with Gasteiger partial charge in [-0.1, -0.05) is 0 Å². The highest BCUT2D eigenvalue weighted by molar-refractivity contribution is 5.88. The molecule has 0 aliphatic carbocycles. The number of anilines is 1. The Morgan fingerprint density at radius 3 is 2.43 bits per heavy atom. The number of amides is 1. The maximum absolute atomic E-state index is 11.5. The van der Waals surface area contributed by atoms with E-state index in [4.69, 9.17) is 15.6 Å². The number of aliphatic hydroxyl groups is 2. The molecule has 0 aliphatic heterocycles. The third-order valence-electron chi connectivity index (χ3n) is 2.87. The summed E-state index contributed by atoms with van der Waals surface area (Å²) < 4.78 is 5.00. The molecule has 0 aliphatic rings. The van der Waals surface area contributed by atoms with Crippen LogP contribution in [0.15, 0.2) is 18.2 Å². The minimum Gasteiger partial charge on any atom is -0.478 e. The number of nitrogen functional groups attached to an aromatic ring is 1. The van der Waals surface area contributed by atoms with Gasteiger partial charge in [-0.15, -0.1) is 0 Å². The highest BCUT2D eigenvalue weighted by atomic mass is 16.6. The Kier molecular flexibility index (Phi) is 5.94. The summed E-state index contributed by atoms with van der Waals surface area (Å²) in [5.74, 6) is -1.18. The van der Waals surface area contributed by atoms with E-state index in [-0.39, 0.29) is 23.4 Å². The van der Waals surface area contributed by atoms with E-state index >= 15 is 0 Å². The van der Waals surface area contributed by atoms with Gasteiger partial charge < -0.3 is 31.1 Å². The first-order chi connectivity index (χ1) is 10.5. The smallest absolute Gasteiger partial charge is 0.407 e. The van der Waals surface area contributed by atoms with E-state index in [0.29, 0.717) is 0 Å². The van der Waals surface area contributed by atoms with Crippen molar-refractivity contribution in [1.82, 2.24) is 5.32 Å². The molecule has 0 radical (unpaired) electrons. The second kappa shape index (κ2) is 7.30. The molecule has 0 fully saturated rings. The highest BCUT2D eigenvalue weighted by Crippen LogP contribution is 2.24. The molecule has 0 saturated heterocycles. The summed E-state index contributed by atoms with van der Waals surface area (Å²) in [5.41, 5.74) is 5.15. The molecule has 2 atom stereocenters. The fraction of sp³-hybridized carbons (Fsp3) is 0.467. The number of aliphatic hydroxyl groups excluding tert-OH is 2. The van der Waals surface area contributed by atoms with E-state index < -0.39 is 29.9 Å². The van der Waals surface area contributed by atoms with Gasteiger partial charge in [0.15, 0.2) is 0 Å². The van der Waals surface area contributed by atoms with E-state index in [9.17, 15) is 19.8 Å². The van der Waals surface area contributed by atoms with E-state index in [1.165, 1.54) is 18.2 Å². The Hall–Kier alpha value is -2.32. The molecule has 1 rings (SSSR count). The molecule has 23 heavy (non-hydrogen) atoms. The largest absolute Gasteiger partial charge is 0.478 e. The van der Waals surface area contributed by atoms with Crippen LogP contribution in [0.2, 0.25) is 0 Å². The first-order valence-corrected chi connectivity index (χ1v) is 6.97. The van der Waals surface area contributed by atoms with Crippen LogP contribution >= 0.6 is 0 Å². The molecule has 1 amide bonds. The Balaban J connectivity index is 2.73. The number of rotatable bonds is 5. The molecule has 1 aromatic carbocycles. The molecule has 2 unspecified atom stereocenters. The summed E-state index contributed by atoms with van der Waals surface area (Å²) in [5, 5.41) is 31.3. The van der Waals surface area contributed by atoms with Gasteiger partial charge in [0.2, 0.25) is 0 Å². The Morgan fingerprint density at radius 1 is 1.30 bits per heavy atom. The molecular weight excluding hydrogens is 304 g/mol. The van der Waals surface area contributed by atoms with Crippen molar-refractivity contribution in [2.45, 2.75) is 38.6 Å². The summed E-state index contributed by atoms with van der Waals surface area (Å²) in [7, 11) is 0. The number of carboxylic acid groups (broad SMARTS) is 1. The lowest BCUT2D eigenvalue weighted by Gasteiger charge is -2.23. The second-order valence-electron chi connectivity index (χ2n) is 6.04. The topological polar surface area (TPSA) is 142 Å². The van der Waals surface area contributed by atoms with Crippen molar-refractivity contribution in [3.63, 3.8) is 0 Å². The van der Waals surface area contributed by atoms with E-state index in [0.717, 1.165) is 0 Å². The van der Waals surface area contributed by atoms with Crippen LogP contribution in [-0.2, 0) is 4.74 Å². The molecule has 0 saturated carbocycles. The van der Waals surface area contributed by atoms with E-state index in [2.05, 4.69) is 5.32 Å². The fourth-order valence-corrected chi connectivity index (χ4v) is 1.78. The number of nitrogens with two attached hydrogens (primary N) is 1. The predicted octanol–water partition coefficient (Wildman–Crippen LogP) is 0.886. The van der Waals surface area contributed by atoms with Crippen molar-refractivity contribution in [2.75, 3.05) is 12.3 Å². The monoisotopic (exact) mass is 326 g/mol. The van der Waals surface area contributed by atoms with Crippen LogP contribution in [0, 0.1) is 0 Å². The average molecular weight is 326 g/mol. The van der Waals surface area contributed by atoms with Crippen molar-refractivity contribution in [2.24, 2.45) is 0 Å². The minimum atomic E-state index is -1.45. The number of aromatic carboxylic acids is 1. The van der Waals surface area contributed by atoms with Crippen LogP contribution in [0.4, 0.5) is 10.5 Å². The SMILES string of the molecule is CC(C)(C)OC(=O)NCC(O)C(O)c1cc(C(=O)O)ccc1N. The molecule has 0 heterocycles. The van der Waals surface area contributed by atoms with Gasteiger partial charge >= 0.3 is 12.1 Å². The van der Waals surface area contributed by atoms with Gasteiger partial charge in [0.1, 0.15) is 17.8 Å². The third-order valence-corrected chi connectivity index (χ3v) is 2.87. The van der Waals surface area contributed by atoms with Crippen molar-refractivity contribution >= 4 is 17.7 Å². The standard InChI is InChI=1S/C15H22N2O6/c1-15(2,3)23-14(22)17-7-11(18)12(19)9-6-8(13(20)21)4-5-10(9)16/h4-6,11-12,18-19H,7,16H2,1-3H3,(H,17,22)(H,20,21). The van der Waals surface area contributed by atoms with Crippen LogP contribution in [0.1, 0.15) is 42.8 Å². The van der Waals surface area contributed by atoms with Gasteiger partial charge in [-0.3, -0.25) is 0 Å². The average Bonchev–Trinajstić information content (AvgIpc) is 2.42. The number of carbonyl (C=O) groups is 2. The first-order valence-electron chi connectivity index (χ1n) is 6.97. The van der Waals surface area contributed by atoms with Crippen molar-refractivity contribution in [3.8, 4) is 0 Å². The molecule has 128 valence electrons. The number of carboxylic acids is 1. The molecule has 1 aromatic rings. The Bertz CT molecular complexity index is 582. The summed E-state index contributed by atoms with van der Waals surface area (Å²) in [6.07, 6.45) is -3.57. The molecule has 0 bridgehead atoms. The molecule has 6 N–H and O–H groups in total. The Labute approximate surface area is 133 Å². The fourth-order valence-electron chi connectivity index (χ4n) is 1.78. The van der Waals surface area contributed by atoms with Gasteiger partial charge in [-0.25, -0.2) is 9.59 Å².